The second kappa shape index (κ2) is 8.06. The molecule has 0 radical (unpaired) electrons. The van der Waals surface area contributed by atoms with Gasteiger partial charge in [-0.15, -0.1) is 11.8 Å². The van der Waals surface area contributed by atoms with Gasteiger partial charge in [-0.3, -0.25) is 4.68 Å². The third-order valence-electron chi connectivity index (χ3n) is 3.56. The predicted molar refractivity (Wildman–Crippen MR) is 94.5 cm³/mol. The Balaban J connectivity index is 1.90. The number of benzene rings is 1. The van der Waals surface area contributed by atoms with E-state index < -0.39 is 0 Å². The number of carbonyl (C=O) groups excluding carboxylic acids is 1. The first-order chi connectivity index (χ1) is 11.0. The topological polar surface area (TPSA) is 50.2 Å². The van der Waals surface area contributed by atoms with Crippen LogP contribution < -0.4 is 5.32 Å². The molecule has 0 aliphatic carbocycles. The third-order valence-corrected chi connectivity index (χ3v) is 4.45. The largest absolute Gasteiger partial charge is 0.331 e. The molecule has 0 saturated carbocycles. The Labute approximate surface area is 142 Å². The van der Waals surface area contributed by atoms with Crippen LogP contribution in [-0.4, -0.2) is 33.5 Å². The molecule has 0 spiro atoms. The molecule has 1 aromatic heterocycles. The first-order valence-electron chi connectivity index (χ1n) is 7.71. The van der Waals surface area contributed by atoms with Crippen molar-refractivity contribution < 1.29 is 4.79 Å². The third kappa shape index (κ3) is 5.03. The van der Waals surface area contributed by atoms with Crippen LogP contribution in [-0.2, 0) is 13.6 Å². The first-order valence-corrected chi connectivity index (χ1v) is 8.70. The van der Waals surface area contributed by atoms with Crippen molar-refractivity contribution in [1.29, 1.82) is 0 Å². The average molecular weight is 332 g/mol. The minimum absolute atomic E-state index is 0.0282. The normalized spacial score (nSPS) is 12.0. The molecule has 2 aromatic rings. The number of amides is 2. The molecule has 6 heteroatoms. The zero-order valence-corrected chi connectivity index (χ0v) is 14.9. The Morgan fingerprint density at radius 3 is 2.65 bits per heavy atom. The molecule has 23 heavy (non-hydrogen) atoms. The molecule has 0 saturated heterocycles. The summed E-state index contributed by atoms with van der Waals surface area (Å²) in [6.07, 6.45) is 3.69. The Kier molecular flexibility index (Phi) is 6.10. The van der Waals surface area contributed by atoms with Crippen LogP contribution >= 0.6 is 11.8 Å². The van der Waals surface area contributed by atoms with E-state index in [1.54, 1.807) is 22.8 Å². The molecular formula is C17H24N4OS. The van der Waals surface area contributed by atoms with E-state index in [9.17, 15) is 4.79 Å². The lowest BCUT2D eigenvalue weighted by atomic mass is 10.1. The maximum Gasteiger partial charge on any atom is 0.317 e. The summed E-state index contributed by atoms with van der Waals surface area (Å²) < 4.78 is 1.74. The first kappa shape index (κ1) is 17.4. The molecule has 1 heterocycles. The van der Waals surface area contributed by atoms with Gasteiger partial charge in [0.2, 0.25) is 0 Å². The van der Waals surface area contributed by atoms with Crippen molar-refractivity contribution in [2.45, 2.75) is 31.3 Å². The van der Waals surface area contributed by atoms with Gasteiger partial charge in [0.25, 0.3) is 0 Å². The van der Waals surface area contributed by atoms with E-state index in [0.29, 0.717) is 6.54 Å². The van der Waals surface area contributed by atoms with Crippen molar-refractivity contribution in [2.75, 3.05) is 12.8 Å². The number of urea groups is 1. The van der Waals surface area contributed by atoms with Gasteiger partial charge >= 0.3 is 6.03 Å². The summed E-state index contributed by atoms with van der Waals surface area (Å²) in [5, 5.41) is 7.14. The quantitative estimate of drug-likeness (QED) is 0.825. The summed E-state index contributed by atoms with van der Waals surface area (Å²) in [5.74, 6) is 1.06. The minimum Gasteiger partial charge on any atom is -0.331 e. The number of aromatic nitrogens is 2. The van der Waals surface area contributed by atoms with Crippen LogP contribution in [0.4, 0.5) is 4.79 Å². The van der Waals surface area contributed by atoms with Crippen LogP contribution in [0.2, 0.25) is 0 Å². The van der Waals surface area contributed by atoms with Gasteiger partial charge in [0.1, 0.15) is 0 Å². The van der Waals surface area contributed by atoms with Gasteiger partial charge in [0.15, 0.2) is 0 Å². The highest BCUT2D eigenvalue weighted by Crippen LogP contribution is 2.20. The van der Waals surface area contributed by atoms with Crippen LogP contribution in [0.15, 0.2) is 41.6 Å². The molecule has 1 unspecified atom stereocenters. The maximum absolute atomic E-state index is 12.3. The van der Waals surface area contributed by atoms with E-state index >= 15 is 0 Å². The van der Waals surface area contributed by atoms with Gasteiger partial charge in [-0.2, -0.15) is 5.10 Å². The highest BCUT2D eigenvalue weighted by Gasteiger charge is 2.14. The molecule has 5 nitrogen and oxygen atoms in total. The summed E-state index contributed by atoms with van der Waals surface area (Å²) in [7, 11) is 3.65. The molecular weight excluding hydrogens is 308 g/mol. The summed E-state index contributed by atoms with van der Waals surface area (Å²) >= 11 is 1.81. The van der Waals surface area contributed by atoms with Crippen molar-refractivity contribution in [1.82, 2.24) is 20.0 Å². The summed E-state index contributed by atoms with van der Waals surface area (Å²) in [6, 6.07) is 8.23. The van der Waals surface area contributed by atoms with Crippen LogP contribution in [0.1, 0.15) is 31.0 Å². The molecule has 1 aromatic carbocycles. The van der Waals surface area contributed by atoms with E-state index in [1.807, 2.05) is 31.9 Å². The SMILES string of the molecule is CCSc1ccc(C(C)NC(=O)N(C)Cc2cnn(C)c2)cc1. The number of thioether (sulfide) groups is 1. The lowest BCUT2D eigenvalue weighted by Crippen LogP contribution is -2.38. The van der Waals surface area contributed by atoms with Crippen LogP contribution in [0.3, 0.4) is 0 Å². The number of hydrogen-bond donors (Lipinski definition) is 1. The Morgan fingerprint density at radius 2 is 2.09 bits per heavy atom. The molecule has 0 aliphatic heterocycles. The van der Waals surface area contributed by atoms with Crippen molar-refractivity contribution in [3.8, 4) is 0 Å². The van der Waals surface area contributed by atoms with E-state index in [2.05, 4.69) is 41.6 Å². The van der Waals surface area contributed by atoms with Crippen LogP contribution in [0.25, 0.3) is 0 Å². The molecule has 124 valence electrons. The maximum atomic E-state index is 12.3. The average Bonchev–Trinajstić information content (AvgIpc) is 2.93. The van der Waals surface area contributed by atoms with E-state index in [-0.39, 0.29) is 12.1 Å². The van der Waals surface area contributed by atoms with Crippen molar-refractivity contribution in [3.63, 3.8) is 0 Å². The van der Waals surface area contributed by atoms with E-state index in [0.717, 1.165) is 16.9 Å². The number of carbonyl (C=O) groups is 1. The number of aryl methyl sites for hydroxylation is 1. The second-order valence-electron chi connectivity index (χ2n) is 5.55. The fourth-order valence-electron chi connectivity index (χ4n) is 2.30. The van der Waals surface area contributed by atoms with Gasteiger partial charge in [0, 0.05) is 30.8 Å². The van der Waals surface area contributed by atoms with Crippen molar-refractivity contribution >= 4 is 17.8 Å². The monoisotopic (exact) mass is 332 g/mol. The zero-order valence-electron chi connectivity index (χ0n) is 14.1. The van der Waals surface area contributed by atoms with Crippen molar-refractivity contribution in [3.05, 3.63) is 47.8 Å². The van der Waals surface area contributed by atoms with Gasteiger partial charge in [0.05, 0.1) is 18.8 Å². The second-order valence-corrected chi connectivity index (χ2v) is 6.89. The zero-order chi connectivity index (χ0) is 16.8. The van der Waals surface area contributed by atoms with Crippen LogP contribution in [0.5, 0.6) is 0 Å². The molecule has 0 aliphatic rings. The Hall–Kier alpha value is -1.95. The summed E-state index contributed by atoms with van der Waals surface area (Å²) in [6.45, 7) is 4.68. The van der Waals surface area contributed by atoms with Crippen molar-refractivity contribution in [2.24, 2.45) is 7.05 Å². The summed E-state index contributed by atoms with van der Waals surface area (Å²) in [5.41, 5.74) is 2.12. The lowest BCUT2D eigenvalue weighted by molar-refractivity contribution is 0.203. The lowest BCUT2D eigenvalue weighted by Gasteiger charge is -2.21. The van der Waals surface area contributed by atoms with Gasteiger partial charge in [-0.1, -0.05) is 19.1 Å². The molecule has 1 atom stereocenters. The highest BCUT2D eigenvalue weighted by molar-refractivity contribution is 7.99. The fraction of sp³-hybridized carbons (Fsp3) is 0.412. The Morgan fingerprint density at radius 1 is 1.39 bits per heavy atom. The number of rotatable bonds is 6. The minimum atomic E-state index is -0.0895. The number of nitrogens with one attached hydrogen (secondary N) is 1. The molecule has 0 fully saturated rings. The smallest absolute Gasteiger partial charge is 0.317 e. The van der Waals surface area contributed by atoms with Gasteiger partial charge < -0.3 is 10.2 Å². The molecule has 0 bridgehead atoms. The van der Waals surface area contributed by atoms with Gasteiger partial charge in [-0.25, -0.2) is 4.79 Å². The van der Waals surface area contributed by atoms with Crippen LogP contribution in [0, 0.1) is 0 Å². The van der Waals surface area contributed by atoms with Gasteiger partial charge in [-0.05, 0) is 30.4 Å². The number of nitrogens with zero attached hydrogens (tertiary/aromatic N) is 3. The highest BCUT2D eigenvalue weighted by atomic mass is 32.2. The molecule has 2 amide bonds. The molecule has 2 rings (SSSR count). The predicted octanol–water partition coefficient (Wildman–Crippen LogP) is 3.43. The number of hydrogen-bond acceptors (Lipinski definition) is 3. The Bertz CT molecular complexity index is 638. The standard InChI is InChI=1S/C17H24N4OS/c1-5-23-16-8-6-15(7-9-16)13(2)19-17(22)20(3)11-14-10-18-21(4)12-14/h6-10,12-13H,5,11H2,1-4H3,(H,19,22). The van der Waals surface area contributed by atoms with E-state index in [1.165, 1.54) is 4.90 Å². The molecule has 1 N–H and O–H groups in total. The summed E-state index contributed by atoms with van der Waals surface area (Å²) in [4.78, 5) is 15.2. The fourth-order valence-corrected chi connectivity index (χ4v) is 2.96. The van der Waals surface area contributed by atoms with E-state index in [4.69, 9.17) is 0 Å².